The minimum absolute atomic E-state index is 0. The molecule has 0 amide bonds. The fraction of sp³-hybridized carbons (Fsp3) is 0. The van der Waals surface area contributed by atoms with Crippen molar-refractivity contribution >= 4 is 16.7 Å². The number of benzene rings is 2. The van der Waals surface area contributed by atoms with Crippen molar-refractivity contribution in [1.82, 2.24) is 0 Å². The molecule has 0 aliphatic heterocycles. The van der Waals surface area contributed by atoms with Gasteiger partial charge in [0.1, 0.15) is 17.1 Å². The normalized spacial score (nSPS) is 8.67. The van der Waals surface area contributed by atoms with Crippen molar-refractivity contribution in [3.05, 3.63) is 35.9 Å². The van der Waals surface area contributed by atoms with Gasteiger partial charge in [-0.2, -0.15) is 0 Å². The average Bonchev–Trinajstić information content (AvgIpc) is 2.23. The second-order valence-electron chi connectivity index (χ2n) is 3.14. The molecule has 0 atom stereocenters. The Balaban J connectivity index is 0. The quantitative estimate of drug-likeness (QED) is 0.356. The molecule has 0 fully saturated rings. The van der Waals surface area contributed by atoms with Crippen LogP contribution in [0.25, 0.3) is 10.8 Å². The van der Waals surface area contributed by atoms with Gasteiger partial charge in [0.25, 0.3) is 0 Å². The summed E-state index contributed by atoms with van der Waals surface area (Å²) in [5, 5.41) is 28.7. The van der Waals surface area contributed by atoms with E-state index in [1.165, 1.54) is 0 Å². The zero-order valence-electron chi connectivity index (χ0n) is 10.6. The van der Waals surface area contributed by atoms with E-state index in [0.717, 1.165) is 6.07 Å². The first-order valence-electron chi connectivity index (χ1n) is 4.28. The topological polar surface area (TPSA) is 77.8 Å². The number of aromatic hydroxyl groups is 2. The molecule has 2 rings (SSSR count). The first-order chi connectivity index (χ1) is 7.11. The average molecular weight is 273 g/mol. The minimum atomic E-state index is -1.27. The van der Waals surface area contributed by atoms with Crippen LogP contribution < -0.4 is 88.7 Å². The van der Waals surface area contributed by atoms with Gasteiger partial charge in [-0.3, -0.25) is 0 Å². The predicted octanol–water partition coefficient (Wildman–Crippen LogP) is -7.04. The molecule has 3 N–H and O–H groups in total. The molecule has 0 aliphatic carbocycles. The van der Waals surface area contributed by atoms with Crippen molar-refractivity contribution < 1.29 is 109 Å². The standard InChI is InChI=1S/C11H8O4.3Na/c12-9-5-8(11(14)15)10(13)7-4-2-1-3-6(7)9;;;/h1-5,12-13H,(H,14,15);;;/q;3*+1. The van der Waals surface area contributed by atoms with Crippen LogP contribution in [0.15, 0.2) is 30.3 Å². The molecule has 0 radical (unpaired) electrons. The van der Waals surface area contributed by atoms with Crippen molar-refractivity contribution in [3.63, 3.8) is 0 Å². The van der Waals surface area contributed by atoms with E-state index in [1.807, 2.05) is 0 Å². The fourth-order valence-electron chi connectivity index (χ4n) is 1.50. The Hall–Kier alpha value is 0.770. The number of rotatable bonds is 1. The summed E-state index contributed by atoms with van der Waals surface area (Å²) >= 11 is 0. The Morgan fingerprint density at radius 3 is 1.94 bits per heavy atom. The van der Waals surface area contributed by atoms with E-state index >= 15 is 0 Å². The zero-order chi connectivity index (χ0) is 11.0. The third kappa shape index (κ3) is 4.13. The molecule has 2 aromatic carbocycles. The van der Waals surface area contributed by atoms with Crippen LogP contribution in [-0.2, 0) is 0 Å². The Bertz CT molecular complexity index is 557. The van der Waals surface area contributed by atoms with Gasteiger partial charge < -0.3 is 15.3 Å². The summed E-state index contributed by atoms with van der Waals surface area (Å²) in [6, 6.07) is 7.56. The molecule has 0 bridgehead atoms. The van der Waals surface area contributed by atoms with Crippen LogP contribution in [0.1, 0.15) is 10.4 Å². The molecule has 0 aliphatic rings. The van der Waals surface area contributed by atoms with Gasteiger partial charge in [0.15, 0.2) is 0 Å². The van der Waals surface area contributed by atoms with Crippen molar-refractivity contribution in [2.45, 2.75) is 0 Å². The van der Waals surface area contributed by atoms with Gasteiger partial charge in [0.05, 0.1) is 0 Å². The molecule has 2 aromatic rings. The van der Waals surface area contributed by atoms with Crippen molar-refractivity contribution in [2.24, 2.45) is 0 Å². The SMILES string of the molecule is O=C(O)c1cc(O)c2ccccc2c1O.[Na+].[Na+].[Na+]. The number of carboxylic acids is 1. The van der Waals surface area contributed by atoms with Crippen LogP contribution in [0, 0.1) is 0 Å². The first-order valence-corrected chi connectivity index (χ1v) is 4.28. The van der Waals surface area contributed by atoms with Gasteiger partial charge in [-0.15, -0.1) is 0 Å². The van der Waals surface area contributed by atoms with Crippen LogP contribution >= 0.6 is 0 Å². The van der Waals surface area contributed by atoms with Gasteiger partial charge in [-0.25, -0.2) is 4.79 Å². The Labute approximate surface area is 170 Å². The number of phenols is 2. The van der Waals surface area contributed by atoms with E-state index < -0.39 is 5.97 Å². The maximum atomic E-state index is 10.7. The summed E-state index contributed by atoms with van der Waals surface area (Å²) in [5.74, 6) is -1.75. The molecule has 7 heteroatoms. The predicted molar refractivity (Wildman–Crippen MR) is 54.2 cm³/mol. The van der Waals surface area contributed by atoms with Gasteiger partial charge in [-0.05, 0) is 6.07 Å². The molecule has 0 saturated heterocycles. The zero-order valence-corrected chi connectivity index (χ0v) is 16.6. The van der Waals surface area contributed by atoms with Crippen molar-refractivity contribution in [3.8, 4) is 11.5 Å². The molecule has 0 heterocycles. The van der Waals surface area contributed by atoms with Gasteiger partial charge >= 0.3 is 94.6 Å². The number of hydrogen-bond donors (Lipinski definition) is 3. The smallest absolute Gasteiger partial charge is 0.507 e. The second-order valence-corrected chi connectivity index (χ2v) is 3.14. The molecule has 0 aromatic heterocycles. The van der Waals surface area contributed by atoms with E-state index in [9.17, 15) is 15.0 Å². The first kappa shape index (κ1) is 21.1. The van der Waals surface area contributed by atoms with E-state index in [4.69, 9.17) is 5.11 Å². The van der Waals surface area contributed by atoms with E-state index in [1.54, 1.807) is 24.3 Å². The molecule has 76 valence electrons. The van der Waals surface area contributed by atoms with E-state index in [0.29, 0.717) is 10.8 Å². The number of phenolic OH excluding ortho intramolecular Hbond substituents is 1. The van der Waals surface area contributed by atoms with Gasteiger partial charge in [0.2, 0.25) is 0 Å². The largest absolute Gasteiger partial charge is 1.00 e. The van der Waals surface area contributed by atoms with Crippen molar-refractivity contribution in [1.29, 1.82) is 0 Å². The number of carbonyl (C=O) groups is 1. The molecule has 0 saturated carbocycles. The van der Waals surface area contributed by atoms with Crippen LogP contribution in [0.3, 0.4) is 0 Å². The molecular formula is C11H8Na3O4+3. The monoisotopic (exact) mass is 273 g/mol. The van der Waals surface area contributed by atoms with Gasteiger partial charge in [0, 0.05) is 10.8 Å². The van der Waals surface area contributed by atoms with E-state index in [2.05, 4.69) is 0 Å². The van der Waals surface area contributed by atoms with E-state index in [-0.39, 0.29) is 106 Å². The van der Waals surface area contributed by atoms with Gasteiger partial charge in [-0.1, -0.05) is 24.3 Å². The second kappa shape index (κ2) is 8.84. The number of carboxylic acid groups (broad SMARTS) is 1. The minimum Gasteiger partial charge on any atom is -0.507 e. The Morgan fingerprint density at radius 2 is 1.44 bits per heavy atom. The fourth-order valence-corrected chi connectivity index (χ4v) is 1.50. The summed E-state index contributed by atoms with van der Waals surface area (Å²) in [7, 11) is 0. The Kier molecular flexibility index (Phi) is 10.4. The van der Waals surface area contributed by atoms with Crippen LogP contribution in [0.2, 0.25) is 0 Å². The third-order valence-corrected chi connectivity index (χ3v) is 2.22. The molecule has 0 spiro atoms. The van der Waals surface area contributed by atoms with Crippen LogP contribution in [0.5, 0.6) is 11.5 Å². The summed E-state index contributed by atoms with van der Waals surface area (Å²) in [6.45, 7) is 0. The number of hydrogen-bond acceptors (Lipinski definition) is 3. The molecular weight excluding hydrogens is 265 g/mol. The van der Waals surface area contributed by atoms with Crippen LogP contribution in [0.4, 0.5) is 0 Å². The maximum absolute atomic E-state index is 10.7. The Morgan fingerprint density at radius 1 is 0.944 bits per heavy atom. The third-order valence-electron chi connectivity index (χ3n) is 2.22. The summed E-state index contributed by atoms with van der Waals surface area (Å²) in [4.78, 5) is 10.7. The van der Waals surface area contributed by atoms with Crippen LogP contribution in [-0.4, -0.2) is 21.3 Å². The summed E-state index contributed by atoms with van der Waals surface area (Å²) in [5.41, 5.74) is -0.300. The molecule has 4 nitrogen and oxygen atoms in total. The number of aromatic carboxylic acids is 1. The summed E-state index contributed by atoms with van der Waals surface area (Å²) < 4.78 is 0. The van der Waals surface area contributed by atoms with Crippen molar-refractivity contribution in [2.75, 3.05) is 0 Å². The summed E-state index contributed by atoms with van der Waals surface area (Å²) in [6.07, 6.45) is 0. The number of fused-ring (bicyclic) bond motifs is 1. The maximum Gasteiger partial charge on any atom is 1.00 e. The molecule has 18 heavy (non-hydrogen) atoms. The molecule has 0 unspecified atom stereocenters.